The molecule has 1 aliphatic heterocycles. The molecule has 20 heavy (non-hydrogen) atoms. The molecule has 0 spiro atoms. The molecule has 112 valence electrons. The predicted octanol–water partition coefficient (Wildman–Crippen LogP) is 3.18. The molecule has 0 radical (unpaired) electrons. The Labute approximate surface area is 124 Å². The SMILES string of the molecule is CC(C)C[C@@H](c1c(F)ccc(Cl)c1O)N1CCNCC1. The molecule has 1 heterocycles. The fraction of sp³-hybridized carbons (Fsp3) is 0.600. The van der Waals surface area contributed by atoms with Crippen molar-refractivity contribution in [1.29, 1.82) is 0 Å². The number of nitrogens with zero attached hydrogens (tertiary/aromatic N) is 1. The number of nitrogens with one attached hydrogen (secondary N) is 1. The first-order chi connectivity index (χ1) is 9.50. The van der Waals surface area contributed by atoms with Gasteiger partial charge in [0.25, 0.3) is 0 Å². The third-order valence-electron chi connectivity index (χ3n) is 3.73. The van der Waals surface area contributed by atoms with Crippen molar-refractivity contribution in [1.82, 2.24) is 10.2 Å². The monoisotopic (exact) mass is 300 g/mol. The normalized spacial score (nSPS) is 18.4. The van der Waals surface area contributed by atoms with E-state index < -0.39 is 0 Å². The van der Waals surface area contributed by atoms with E-state index in [-0.39, 0.29) is 22.6 Å². The Morgan fingerprint density at radius 2 is 2.00 bits per heavy atom. The summed E-state index contributed by atoms with van der Waals surface area (Å²) in [6.45, 7) is 7.68. The summed E-state index contributed by atoms with van der Waals surface area (Å²) in [4.78, 5) is 2.23. The van der Waals surface area contributed by atoms with Crippen LogP contribution >= 0.6 is 11.6 Å². The highest BCUT2D eigenvalue weighted by Crippen LogP contribution is 2.39. The van der Waals surface area contributed by atoms with Crippen LogP contribution in [0.15, 0.2) is 12.1 Å². The summed E-state index contributed by atoms with van der Waals surface area (Å²) >= 11 is 5.96. The van der Waals surface area contributed by atoms with Crippen molar-refractivity contribution in [2.24, 2.45) is 5.92 Å². The number of hydrogen-bond acceptors (Lipinski definition) is 3. The zero-order valence-electron chi connectivity index (χ0n) is 12.0. The largest absolute Gasteiger partial charge is 0.506 e. The number of rotatable bonds is 4. The van der Waals surface area contributed by atoms with Gasteiger partial charge in [0.1, 0.15) is 11.6 Å². The lowest BCUT2D eigenvalue weighted by Crippen LogP contribution is -2.45. The summed E-state index contributed by atoms with van der Waals surface area (Å²) in [6.07, 6.45) is 0.796. The molecule has 0 unspecified atom stereocenters. The molecule has 3 nitrogen and oxygen atoms in total. The van der Waals surface area contributed by atoms with E-state index >= 15 is 0 Å². The van der Waals surface area contributed by atoms with Crippen LogP contribution in [0.1, 0.15) is 31.9 Å². The van der Waals surface area contributed by atoms with E-state index in [9.17, 15) is 9.50 Å². The van der Waals surface area contributed by atoms with Crippen molar-refractivity contribution < 1.29 is 9.50 Å². The van der Waals surface area contributed by atoms with E-state index in [2.05, 4.69) is 24.1 Å². The van der Waals surface area contributed by atoms with Crippen LogP contribution in [0.2, 0.25) is 5.02 Å². The van der Waals surface area contributed by atoms with Crippen LogP contribution in [0.25, 0.3) is 0 Å². The van der Waals surface area contributed by atoms with Crippen molar-refractivity contribution in [3.05, 3.63) is 28.5 Å². The Hall–Kier alpha value is -0.840. The minimum absolute atomic E-state index is 0.115. The molecule has 2 N–H and O–H groups in total. The van der Waals surface area contributed by atoms with Gasteiger partial charge in [-0.05, 0) is 24.5 Å². The van der Waals surface area contributed by atoms with Crippen molar-refractivity contribution in [3.63, 3.8) is 0 Å². The molecule has 0 bridgehead atoms. The highest BCUT2D eigenvalue weighted by Gasteiger charge is 2.28. The van der Waals surface area contributed by atoms with Gasteiger partial charge in [0.15, 0.2) is 0 Å². The maximum absolute atomic E-state index is 14.2. The van der Waals surface area contributed by atoms with E-state index in [1.165, 1.54) is 12.1 Å². The second-order valence-corrected chi connectivity index (χ2v) is 6.13. The Morgan fingerprint density at radius 3 is 2.60 bits per heavy atom. The number of halogens is 2. The fourth-order valence-electron chi connectivity index (χ4n) is 2.76. The Balaban J connectivity index is 2.37. The zero-order valence-corrected chi connectivity index (χ0v) is 12.8. The first-order valence-electron chi connectivity index (χ1n) is 7.12. The minimum Gasteiger partial charge on any atom is -0.506 e. The van der Waals surface area contributed by atoms with E-state index in [1.54, 1.807) is 0 Å². The summed E-state index contributed by atoms with van der Waals surface area (Å²) in [6, 6.07) is 2.61. The van der Waals surface area contributed by atoms with E-state index in [0.29, 0.717) is 11.5 Å². The molecule has 1 fully saturated rings. The van der Waals surface area contributed by atoms with Crippen LogP contribution in [0.4, 0.5) is 4.39 Å². The summed E-state index contributed by atoms with van der Waals surface area (Å²) in [5, 5.41) is 13.7. The molecular formula is C15H22ClFN2O. The number of piperazine rings is 1. The van der Waals surface area contributed by atoms with Crippen molar-refractivity contribution >= 4 is 11.6 Å². The van der Waals surface area contributed by atoms with Gasteiger partial charge in [0.2, 0.25) is 0 Å². The van der Waals surface area contributed by atoms with E-state index in [1.807, 2.05) is 0 Å². The molecule has 1 aromatic carbocycles. The summed E-state index contributed by atoms with van der Waals surface area (Å²) in [5.74, 6) is -0.0837. The molecule has 1 aliphatic rings. The average molecular weight is 301 g/mol. The molecule has 1 saturated heterocycles. The maximum atomic E-state index is 14.2. The molecule has 0 aliphatic carbocycles. The third-order valence-corrected chi connectivity index (χ3v) is 4.04. The molecule has 0 amide bonds. The van der Waals surface area contributed by atoms with Gasteiger partial charge in [-0.25, -0.2) is 4.39 Å². The number of aromatic hydroxyl groups is 1. The Morgan fingerprint density at radius 1 is 1.35 bits per heavy atom. The smallest absolute Gasteiger partial charge is 0.141 e. The van der Waals surface area contributed by atoms with Gasteiger partial charge in [-0.3, -0.25) is 4.90 Å². The van der Waals surface area contributed by atoms with E-state index in [0.717, 1.165) is 32.6 Å². The topological polar surface area (TPSA) is 35.5 Å². The lowest BCUT2D eigenvalue weighted by molar-refractivity contribution is 0.148. The molecule has 5 heteroatoms. The predicted molar refractivity (Wildman–Crippen MR) is 79.7 cm³/mol. The van der Waals surface area contributed by atoms with E-state index in [4.69, 9.17) is 11.6 Å². The first kappa shape index (κ1) is 15.5. The average Bonchev–Trinajstić information content (AvgIpc) is 2.43. The summed E-state index contributed by atoms with van der Waals surface area (Å²) in [5.41, 5.74) is 0.341. The standard InChI is InChI=1S/C15H22ClFN2O/c1-10(2)9-13(19-7-5-18-6-8-19)14-12(17)4-3-11(16)15(14)20/h3-4,10,13,18,20H,5-9H2,1-2H3/t13-/m0/s1. The number of benzene rings is 1. The first-order valence-corrected chi connectivity index (χ1v) is 7.50. The van der Waals surface area contributed by atoms with Crippen molar-refractivity contribution in [2.45, 2.75) is 26.3 Å². The van der Waals surface area contributed by atoms with Crippen molar-refractivity contribution in [2.75, 3.05) is 26.2 Å². The summed E-state index contributed by atoms with van der Waals surface area (Å²) in [7, 11) is 0. The lowest BCUT2D eigenvalue weighted by Gasteiger charge is -2.36. The maximum Gasteiger partial charge on any atom is 0.141 e. The Kier molecular flexibility index (Phi) is 5.24. The van der Waals surface area contributed by atoms with Gasteiger partial charge in [-0.15, -0.1) is 0 Å². The number of phenolic OH excluding ortho intramolecular Hbond substituents is 1. The van der Waals surface area contributed by atoms with Crippen LogP contribution in [-0.4, -0.2) is 36.2 Å². The van der Waals surface area contributed by atoms with Gasteiger partial charge in [-0.1, -0.05) is 25.4 Å². The number of hydrogen-bond donors (Lipinski definition) is 2. The highest BCUT2D eigenvalue weighted by molar-refractivity contribution is 6.32. The molecule has 2 rings (SSSR count). The summed E-state index contributed by atoms with van der Waals surface area (Å²) < 4.78 is 14.2. The van der Waals surface area contributed by atoms with Gasteiger partial charge >= 0.3 is 0 Å². The minimum atomic E-state index is -0.379. The van der Waals surface area contributed by atoms with Crippen LogP contribution in [0, 0.1) is 11.7 Å². The van der Waals surface area contributed by atoms with Gasteiger partial charge in [-0.2, -0.15) is 0 Å². The van der Waals surface area contributed by atoms with Gasteiger partial charge in [0.05, 0.1) is 5.02 Å². The Bertz CT molecular complexity index is 461. The van der Waals surface area contributed by atoms with Crippen LogP contribution in [0.3, 0.4) is 0 Å². The zero-order chi connectivity index (χ0) is 14.7. The van der Waals surface area contributed by atoms with Gasteiger partial charge in [0, 0.05) is 37.8 Å². The molecule has 1 atom stereocenters. The third kappa shape index (κ3) is 3.43. The molecule has 0 saturated carbocycles. The quantitative estimate of drug-likeness (QED) is 0.896. The molecular weight excluding hydrogens is 279 g/mol. The highest BCUT2D eigenvalue weighted by atomic mass is 35.5. The molecule has 0 aromatic heterocycles. The fourth-order valence-corrected chi connectivity index (χ4v) is 2.93. The lowest BCUT2D eigenvalue weighted by atomic mass is 9.94. The second-order valence-electron chi connectivity index (χ2n) is 5.72. The van der Waals surface area contributed by atoms with Crippen LogP contribution in [0.5, 0.6) is 5.75 Å². The number of phenols is 1. The van der Waals surface area contributed by atoms with Crippen molar-refractivity contribution in [3.8, 4) is 5.75 Å². The molecule has 1 aromatic rings. The van der Waals surface area contributed by atoms with Crippen LogP contribution in [-0.2, 0) is 0 Å². The second kappa shape index (κ2) is 6.74. The van der Waals surface area contributed by atoms with Gasteiger partial charge < -0.3 is 10.4 Å². The van der Waals surface area contributed by atoms with Crippen LogP contribution < -0.4 is 5.32 Å².